The van der Waals surface area contributed by atoms with Crippen LogP contribution in [0.15, 0.2) is 53.4 Å². The Hall–Kier alpha value is -3.01. The number of pyridine rings is 1. The Morgan fingerprint density at radius 3 is 2.39 bits per heavy atom. The van der Waals surface area contributed by atoms with Crippen LogP contribution in [-0.2, 0) is 16.6 Å². The molecule has 2 heterocycles. The van der Waals surface area contributed by atoms with E-state index in [4.69, 9.17) is 4.98 Å². The topological polar surface area (TPSA) is 88.9 Å². The summed E-state index contributed by atoms with van der Waals surface area (Å²) in [7, 11) is -2.82. The largest absolute Gasteiger partial charge is 0.586 e. The van der Waals surface area contributed by atoms with E-state index >= 15 is 0 Å². The maximum absolute atomic E-state index is 13.4. The van der Waals surface area contributed by atoms with Crippen LogP contribution in [0.3, 0.4) is 0 Å². The predicted molar refractivity (Wildman–Crippen MR) is 133 cm³/mol. The smallest absolute Gasteiger partial charge is 0.395 e. The number of benzene rings is 2. The van der Waals surface area contributed by atoms with Crippen molar-refractivity contribution < 1.29 is 32.2 Å². The number of carbonyl (C=O) groups excluding carboxylic acids is 1. The fourth-order valence-electron chi connectivity index (χ4n) is 4.65. The predicted octanol–water partition coefficient (Wildman–Crippen LogP) is 6.66. The lowest BCUT2D eigenvalue weighted by Gasteiger charge is -2.31. The van der Waals surface area contributed by atoms with Gasteiger partial charge in [0.1, 0.15) is 5.78 Å². The molecular weight excluding hydrogens is 488 g/mol. The number of hydrogen-bond donors (Lipinski definition) is 2. The van der Waals surface area contributed by atoms with Gasteiger partial charge in [0.25, 0.3) is 0 Å². The van der Waals surface area contributed by atoms with Crippen LogP contribution in [0.2, 0.25) is 0 Å². The molecule has 2 aliphatic rings. The molecule has 0 atom stereocenters. The molecule has 6 nitrogen and oxygen atoms in total. The minimum Gasteiger partial charge on any atom is -0.395 e. The zero-order chi connectivity index (χ0) is 25.9. The van der Waals surface area contributed by atoms with Crippen molar-refractivity contribution >= 4 is 16.4 Å². The fraction of sp³-hybridized carbons (Fsp3) is 0.333. The fourth-order valence-corrected chi connectivity index (χ4v) is 5.63. The van der Waals surface area contributed by atoms with Crippen LogP contribution in [0.5, 0.6) is 11.5 Å². The molecule has 0 bridgehead atoms. The van der Waals surface area contributed by atoms with Crippen molar-refractivity contribution in [2.45, 2.75) is 56.6 Å². The second-order valence-electron chi connectivity index (χ2n) is 9.41. The number of halogens is 2. The molecule has 1 fully saturated rings. The lowest BCUT2D eigenvalue weighted by Crippen LogP contribution is -2.26. The molecule has 190 valence electrons. The third-order valence-corrected chi connectivity index (χ3v) is 8.78. The molecule has 0 radical (unpaired) electrons. The van der Waals surface area contributed by atoms with Crippen LogP contribution < -0.4 is 9.47 Å². The van der Waals surface area contributed by atoms with E-state index in [1.54, 1.807) is 25.1 Å². The van der Waals surface area contributed by atoms with Gasteiger partial charge in [0.05, 0.1) is 16.0 Å². The maximum atomic E-state index is 13.4. The van der Waals surface area contributed by atoms with Gasteiger partial charge in [-0.25, -0.2) is 0 Å². The number of nitrogens with zero attached hydrogens (tertiary/aromatic N) is 1. The summed E-state index contributed by atoms with van der Waals surface area (Å²) >= 11 is 0. The number of Topliss-reactive ketones (excluding diaryl/α,β-unsaturated/α-hetero) is 1. The normalized spacial score (nSPS) is 17.6. The SMILES string of the molecule is CCS(O)(O)c1ccc(-c2nc(CC(=O)C3(c4ccc5c(c4)OC(F)(F)O5)CC3)ccc2C)c(C)c1. The Morgan fingerprint density at radius 1 is 1.00 bits per heavy atom. The van der Waals surface area contributed by atoms with Gasteiger partial charge in [0.15, 0.2) is 11.5 Å². The van der Waals surface area contributed by atoms with Gasteiger partial charge in [-0.3, -0.25) is 18.9 Å². The van der Waals surface area contributed by atoms with Gasteiger partial charge in [-0.2, -0.15) is 10.6 Å². The van der Waals surface area contributed by atoms with Gasteiger partial charge in [-0.1, -0.05) is 18.2 Å². The molecule has 9 heteroatoms. The number of carbonyl (C=O) groups is 1. The summed E-state index contributed by atoms with van der Waals surface area (Å²) in [6.07, 6.45) is -2.34. The molecule has 2 aromatic carbocycles. The first kappa shape index (κ1) is 24.7. The number of hydrogen-bond acceptors (Lipinski definition) is 6. The number of aryl methyl sites for hydroxylation is 2. The van der Waals surface area contributed by atoms with Crippen LogP contribution >= 0.6 is 10.6 Å². The Labute approximate surface area is 209 Å². The molecule has 0 saturated heterocycles. The van der Waals surface area contributed by atoms with Crippen LogP contribution in [-0.4, -0.2) is 31.9 Å². The third-order valence-electron chi connectivity index (χ3n) is 6.97. The minimum absolute atomic E-state index is 0.0283. The zero-order valence-corrected chi connectivity index (χ0v) is 21.0. The van der Waals surface area contributed by atoms with Crippen LogP contribution in [0.1, 0.15) is 42.1 Å². The summed E-state index contributed by atoms with van der Waals surface area (Å²) < 4.78 is 56.4. The van der Waals surface area contributed by atoms with E-state index < -0.39 is 22.3 Å². The van der Waals surface area contributed by atoms with Crippen molar-refractivity contribution in [3.05, 3.63) is 70.9 Å². The second-order valence-corrected chi connectivity index (χ2v) is 11.8. The standard InChI is InChI=1S/C27H27F2NO5S/c1-4-36(32,33)20-8-9-21(17(3)13-20)25-16(2)5-7-19(30-25)15-24(31)26(11-12-26)18-6-10-22-23(14-18)35-27(28,29)34-22/h5-10,13-14,32-33H,4,11-12,15H2,1-3H3. The summed E-state index contributed by atoms with van der Waals surface area (Å²) in [6.45, 7) is 5.56. The van der Waals surface area contributed by atoms with Gasteiger partial charge >= 0.3 is 6.29 Å². The summed E-state index contributed by atoms with van der Waals surface area (Å²) in [4.78, 5) is 18.7. The first-order chi connectivity index (χ1) is 16.9. The molecule has 2 N–H and O–H groups in total. The highest BCUT2D eigenvalue weighted by Gasteiger charge is 2.52. The summed E-state index contributed by atoms with van der Waals surface area (Å²) in [5.74, 6) is 0.109. The number of aromatic nitrogens is 1. The summed E-state index contributed by atoms with van der Waals surface area (Å²) in [6, 6.07) is 13.6. The molecule has 0 amide bonds. The molecule has 1 saturated carbocycles. The second kappa shape index (κ2) is 8.54. The van der Waals surface area contributed by atoms with Crippen LogP contribution in [0, 0.1) is 13.8 Å². The van der Waals surface area contributed by atoms with Gasteiger partial charge in [-0.05, 0) is 80.6 Å². The van der Waals surface area contributed by atoms with E-state index in [1.165, 1.54) is 12.1 Å². The minimum atomic E-state index is -3.70. The lowest BCUT2D eigenvalue weighted by atomic mass is 9.88. The number of fused-ring (bicyclic) bond motifs is 1. The third kappa shape index (κ3) is 4.36. The molecule has 3 aromatic rings. The van der Waals surface area contributed by atoms with E-state index in [-0.39, 0.29) is 29.5 Å². The number of rotatable bonds is 7. The molecule has 1 aliphatic carbocycles. The molecule has 5 rings (SSSR count). The number of alkyl halides is 2. The van der Waals surface area contributed by atoms with Crippen molar-refractivity contribution in [2.75, 3.05) is 5.75 Å². The van der Waals surface area contributed by atoms with Gasteiger partial charge in [0.2, 0.25) is 0 Å². The van der Waals surface area contributed by atoms with Crippen molar-refractivity contribution in [1.29, 1.82) is 0 Å². The zero-order valence-electron chi connectivity index (χ0n) is 20.2. The van der Waals surface area contributed by atoms with Crippen LogP contribution in [0.25, 0.3) is 11.3 Å². The van der Waals surface area contributed by atoms with Crippen molar-refractivity contribution in [2.24, 2.45) is 0 Å². The quantitative estimate of drug-likeness (QED) is 0.366. The molecule has 1 aliphatic heterocycles. The monoisotopic (exact) mass is 515 g/mol. The van der Waals surface area contributed by atoms with E-state index in [9.17, 15) is 22.7 Å². The first-order valence-electron chi connectivity index (χ1n) is 11.7. The van der Waals surface area contributed by atoms with Crippen molar-refractivity contribution in [3.8, 4) is 22.8 Å². The van der Waals surface area contributed by atoms with Crippen molar-refractivity contribution in [1.82, 2.24) is 4.98 Å². The van der Waals surface area contributed by atoms with Crippen LogP contribution in [0.4, 0.5) is 8.78 Å². The molecule has 0 spiro atoms. The maximum Gasteiger partial charge on any atom is 0.586 e. The average Bonchev–Trinajstić information content (AvgIpc) is 3.57. The van der Waals surface area contributed by atoms with E-state index in [1.807, 2.05) is 32.0 Å². The van der Waals surface area contributed by atoms with Gasteiger partial charge in [0, 0.05) is 23.4 Å². The molecule has 1 aromatic heterocycles. The molecular formula is C27H27F2NO5S. The Bertz CT molecular complexity index is 1370. The Morgan fingerprint density at radius 2 is 1.72 bits per heavy atom. The highest BCUT2D eigenvalue weighted by Crippen LogP contribution is 2.53. The first-order valence-corrected chi connectivity index (χ1v) is 13.4. The molecule has 0 unspecified atom stereocenters. The van der Waals surface area contributed by atoms with E-state index in [2.05, 4.69) is 9.47 Å². The van der Waals surface area contributed by atoms with E-state index in [0.29, 0.717) is 29.0 Å². The van der Waals surface area contributed by atoms with Gasteiger partial charge < -0.3 is 9.47 Å². The number of ether oxygens (including phenoxy) is 2. The lowest BCUT2D eigenvalue weighted by molar-refractivity contribution is -0.286. The highest BCUT2D eigenvalue weighted by atomic mass is 32.3. The number of ketones is 1. The summed E-state index contributed by atoms with van der Waals surface area (Å²) in [5.41, 5.74) is 3.89. The Balaban J connectivity index is 1.40. The molecule has 36 heavy (non-hydrogen) atoms. The van der Waals surface area contributed by atoms with Gasteiger partial charge in [-0.15, -0.1) is 8.78 Å². The Kier molecular flexibility index (Phi) is 5.85. The summed E-state index contributed by atoms with van der Waals surface area (Å²) in [5, 5.41) is 0. The highest BCUT2D eigenvalue weighted by molar-refractivity contribution is 8.24. The van der Waals surface area contributed by atoms with E-state index in [0.717, 1.165) is 22.4 Å². The van der Waals surface area contributed by atoms with Crippen molar-refractivity contribution in [3.63, 3.8) is 0 Å². The average molecular weight is 516 g/mol.